The van der Waals surface area contributed by atoms with Crippen LogP contribution in [0.5, 0.6) is 0 Å². The van der Waals surface area contributed by atoms with Crippen LogP contribution in [0.15, 0.2) is 24.3 Å². The Balaban J connectivity index is 1.99. The van der Waals surface area contributed by atoms with Crippen molar-refractivity contribution in [1.29, 1.82) is 0 Å². The lowest BCUT2D eigenvalue weighted by atomic mass is 9.81. The third kappa shape index (κ3) is 3.81. The molecule has 0 bridgehead atoms. The van der Waals surface area contributed by atoms with E-state index in [2.05, 4.69) is 36.5 Å². The van der Waals surface area contributed by atoms with Crippen molar-refractivity contribution in [3.8, 4) is 0 Å². The smallest absolute Gasteiger partial charge is 0.0765 e. The summed E-state index contributed by atoms with van der Waals surface area (Å²) in [5.74, 6) is 0.637. The van der Waals surface area contributed by atoms with Crippen molar-refractivity contribution in [3.05, 3.63) is 35.4 Å². The Kier molecular flexibility index (Phi) is 5.19. The van der Waals surface area contributed by atoms with E-state index >= 15 is 0 Å². The Bertz CT molecular complexity index is 431. The summed E-state index contributed by atoms with van der Waals surface area (Å²) in [5.41, 5.74) is 2.13. The molecule has 3 atom stereocenters. The van der Waals surface area contributed by atoms with E-state index in [4.69, 9.17) is 4.74 Å². The van der Waals surface area contributed by atoms with Crippen LogP contribution in [0, 0.1) is 0 Å². The van der Waals surface area contributed by atoms with Gasteiger partial charge in [0.05, 0.1) is 5.60 Å². The van der Waals surface area contributed by atoms with Crippen LogP contribution in [0.2, 0.25) is 0 Å². The highest BCUT2D eigenvalue weighted by molar-refractivity contribution is 5.34. The van der Waals surface area contributed by atoms with E-state index in [1.54, 1.807) is 7.11 Å². The van der Waals surface area contributed by atoms with E-state index in [0.717, 1.165) is 6.42 Å². The highest BCUT2D eigenvalue weighted by atomic mass is 16.5. The molecule has 1 aliphatic rings. The lowest BCUT2D eigenvalue weighted by Crippen LogP contribution is -2.41. The predicted octanol–water partition coefficient (Wildman–Crippen LogP) is 3.00. The predicted molar refractivity (Wildman–Crippen MR) is 82.0 cm³/mol. The Hall–Kier alpha value is -0.900. The topological polar surface area (TPSA) is 41.5 Å². The molecule has 0 aromatic heterocycles. The van der Waals surface area contributed by atoms with Gasteiger partial charge in [0.25, 0.3) is 0 Å². The number of aliphatic hydroxyl groups is 1. The maximum Gasteiger partial charge on any atom is 0.0765 e. The normalized spacial score (nSPS) is 25.0. The summed E-state index contributed by atoms with van der Waals surface area (Å²) in [4.78, 5) is 0. The van der Waals surface area contributed by atoms with Crippen LogP contribution in [0.25, 0.3) is 0 Å². The molecule has 1 aliphatic carbocycles. The van der Waals surface area contributed by atoms with Gasteiger partial charge in [-0.3, -0.25) is 0 Å². The van der Waals surface area contributed by atoms with Gasteiger partial charge in [0.1, 0.15) is 0 Å². The van der Waals surface area contributed by atoms with Gasteiger partial charge in [0.15, 0.2) is 0 Å². The Morgan fingerprint density at radius 3 is 2.70 bits per heavy atom. The van der Waals surface area contributed by atoms with Crippen LogP contribution >= 0.6 is 0 Å². The van der Waals surface area contributed by atoms with Crippen molar-refractivity contribution >= 4 is 0 Å². The van der Waals surface area contributed by atoms with Crippen LogP contribution < -0.4 is 5.32 Å². The molecular weight excluding hydrogens is 250 g/mol. The van der Waals surface area contributed by atoms with Crippen molar-refractivity contribution in [2.45, 2.75) is 50.7 Å². The summed E-state index contributed by atoms with van der Waals surface area (Å²) in [6.45, 7) is 5.36. The van der Waals surface area contributed by atoms with Crippen LogP contribution in [0.4, 0.5) is 0 Å². The van der Waals surface area contributed by atoms with Crippen molar-refractivity contribution in [3.63, 3.8) is 0 Å². The Labute approximate surface area is 122 Å². The maximum atomic E-state index is 10.3. The molecule has 112 valence electrons. The summed E-state index contributed by atoms with van der Waals surface area (Å²) in [7, 11) is 1.67. The molecule has 0 fully saturated rings. The molecular formula is C17H27NO2. The number of methoxy groups -OCH3 is 1. The lowest BCUT2D eigenvalue weighted by Gasteiger charge is -2.33. The van der Waals surface area contributed by atoms with Crippen molar-refractivity contribution in [1.82, 2.24) is 5.32 Å². The Morgan fingerprint density at radius 1 is 1.30 bits per heavy atom. The molecule has 1 aromatic carbocycles. The number of fused-ring (bicyclic) bond motifs is 1. The van der Waals surface area contributed by atoms with Crippen molar-refractivity contribution in [2.75, 3.05) is 20.3 Å². The van der Waals surface area contributed by atoms with E-state index in [0.29, 0.717) is 31.5 Å². The van der Waals surface area contributed by atoms with Gasteiger partial charge in [-0.05, 0) is 36.8 Å². The molecule has 3 heteroatoms. The SMILES string of the molecule is COCCC(C)(O)CNC1CCC(C)c2ccccc21. The van der Waals surface area contributed by atoms with E-state index in [1.165, 1.54) is 17.5 Å². The average Bonchev–Trinajstić information content (AvgIpc) is 2.45. The van der Waals surface area contributed by atoms with Gasteiger partial charge in [0.2, 0.25) is 0 Å². The highest BCUT2D eigenvalue weighted by Gasteiger charge is 2.27. The van der Waals surface area contributed by atoms with Crippen molar-refractivity contribution in [2.24, 2.45) is 0 Å². The summed E-state index contributed by atoms with van der Waals surface area (Å²) in [5, 5.41) is 13.9. The molecule has 1 aromatic rings. The zero-order valence-corrected chi connectivity index (χ0v) is 12.9. The fourth-order valence-corrected chi connectivity index (χ4v) is 2.97. The number of hydrogen-bond acceptors (Lipinski definition) is 3. The molecule has 2 rings (SSSR count). The summed E-state index contributed by atoms with van der Waals surface area (Å²) in [6.07, 6.45) is 2.99. The number of ether oxygens (including phenoxy) is 1. The molecule has 0 heterocycles. The molecule has 2 N–H and O–H groups in total. The lowest BCUT2D eigenvalue weighted by molar-refractivity contribution is 0.0222. The van der Waals surface area contributed by atoms with Gasteiger partial charge in [-0.2, -0.15) is 0 Å². The van der Waals surface area contributed by atoms with Crippen molar-refractivity contribution < 1.29 is 9.84 Å². The van der Waals surface area contributed by atoms with Gasteiger partial charge in [-0.1, -0.05) is 31.2 Å². The second kappa shape index (κ2) is 6.70. The third-order valence-corrected chi connectivity index (χ3v) is 4.36. The molecule has 0 saturated carbocycles. The van der Waals surface area contributed by atoms with Gasteiger partial charge >= 0.3 is 0 Å². The minimum absolute atomic E-state index is 0.358. The second-order valence-electron chi connectivity index (χ2n) is 6.28. The molecule has 3 unspecified atom stereocenters. The summed E-state index contributed by atoms with van der Waals surface area (Å²) in [6, 6.07) is 9.03. The third-order valence-electron chi connectivity index (χ3n) is 4.36. The first-order valence-corrected chi connectivity index (χ1v) is 7.57. The molecule has 3 nitrogen and oxygen atoms in total. The number of rotatable bonds is 6. The van der Waals surface area contributed by atoms with Gasteiger partial charge in [-0.15, -0.1) is 0 Å². The van der Waals surface area contributed by atoms with Gasteiger partial charge < -0.3 is 15.2 Å². The van der Waals surface area contributed by atoms with Crippen LogP contribution in [-0.4, -0.2) is 31.0 Å². The molecule has 0 aliphatic heterocycles. The maximum absolute atomic E-state index is 10.3. The first-order valence-electron chi connectivity index (χ1n) is 7.57. The fourth-order valence-electron chi connectivity index (χ4n) is 2.97. The van der Waals surface area contributed by atoms with E-state index in [1.807, 2.05) is 6.92 Å². The number of benzene rings is 1. The molecule has 0 radical (unpaired) electrons. The molecule has 20 heavy (non-hydrogen) atoms. The van der Waals surface area contributed by atoms with E-state index in [9.17, 15) is 5.11 Å². The monoisotopic (exact) mass is 277 g/mol. The van der Waals surface area contributed by atoms with E-state index in [-0.39, 0.29) is 0 Å². The first-order chi connectivity index (χ1) is 9.53. The number of nitrogens with one attached hydrogen (secondary N) is 1. The number of hydrogen-bond donors (Lipinski definition) is 2. The minimum atomic E-state index is -0.714. The molecule has 0 spiro atoms. The average molecular weight is 277 g/mol. The summed E-state index contributed by atoms with van der Waals surface area (Å²) >= 11 is 0. The van der Waals surface area contributed by atoms with Crippen LogP contribution in [-0.2, 0) is 4.74 Å². The van der Waals surface area contributed by atoms with Gasteiger partial charge in [-0.25, -0.2) is 0 Å². The quantitative estimate of drug-likeness (QED) is 0.840. The van der Waals surface area contributed by atoms with Crippen LogP contribution in [0.3, 0.4) is 0 Å². The first kappa shape index (κ1) is 15.5. The van der Waals surface area contributed by atoms with E-state index < -0.39 is 5.60 Å². The largest absolute Gasteiger partial charge is 0.389 e. The molecule has 0 saturated heterocycles. The highest BCUT2D eigenvalue weighted by Crippen LogP contribution is 2.37. The second-order valence-corrected chi connectivity index (χ2v) is 6.28. The molecule has 0 amide bonds. The van der Waals surface area contributed by atoms with Crippen LogP contribution in [0.1, 0.15) is 56.2 Å². The summed E-state index contributed by atoms with van der Waals surface area (Å²) < 4.78 is 5.05. The Morgan fingerprint density at radius 2 is 2.00 bits per heavy atom. The zero-order valence-electron chi connectivity index (χ0n) is 12.9. The minimum Gasteiger partial charge on any atom is -0.389 e. The standard InChI is InChI=1S/C17H27NO2/c1-13-8-9-16(15-7-5-4-6-14(13)15)18-12-17(2,19)10-11-20-3/h4-7,13,16,18-19H,8-12H2,1-3H3. The fraction of sp³-hybridized carbons (Fsp3) is 0.647. The zero-order chi connectivity index (χ0) is 14.6. The van der Waals surface area contributed by atoms with Gasteiger partial charge in [0, 0.05) is 32.7 Å².